The third kappa shape index (κ3) is 5.17. The molecule has 0 aliphatic heterocycles. The van der Waals surface area contributed by atoms with Gasteiger partial charge in [-0.25, -0.2) is 8.42 Å². The van der Waals surface area contributed by atoms with Crippen LogP contribution in [-0.4, -0.2) is 20.9 Å². The summed E-state index contributed by atoms with van der Waals surface area (Å²) in [6.45, 7) is 3.96. The van der Waals surface area contributed by atoms with Crippen molar-refractivity contribution in [1.82, 2.24) is 5.32 Å². The molecule has 5 nitrogen and oxygen atoms in total. The minimum Gasteiger partial charge on any atom is -0.352 e. The second-order valence-electron chi connectivity index (χ2n) is 6.03. The van der Waals surface area contributed by atoms with Gasteiger partial charge in [-0.1, -0.05) is 24.6 Å². The van der Waals surface area contributed by atoms with E-state index in [1.807, 2.05) is 6.92 Å². The highest BCUT2D eigenvalue weighted by Crippen LogP contribution is 2.36. The van der Waals surface area contributed by atoms with Crippen molar-refractivity contribution in [2.24, 2.45) is 0 Å². The van der Waals surface area contributed by atoms with Crippen LogP contribution in [0.15, 0.2) is 41.3 Å². The number of carbonyl (C=O) groups is 1. The molecule has 2 rings (SSSR count). The van der Waals surface area contributed by atoms with Crippen LogP contribution in [0, 0.1) is 6.92 Å². The van der Waals surface area contributed by atoms with Crippen LogP contribution in [-0.2, 0) is 16.2 Å². The van der Waals surface area contributed by atoms with Gasteiger partial charge in [-0.05, 0) is 49.2 Å². The maximum atomic E-state index is 13.0. The van der Waals surface area contributed by atoms with Crippen LogP contribution in [0.1, 0.15) is 34.8 Å². The maximum absolute atomic E-state index is 13.0. The Labute approximate surface area is 166 Å². The summed E-state index contributed by atoms with van der Waals surface area (Å²) in [6.07, 6.45) is -4.02. The second kappa shape index (κ2) is 8.40. The zero-order valence-corrected chi connectivity index (χ0v) is 16.6. The Kier molecular flexibility index (Phi) is 6.61. The fourth-order valence-electron chi connectivity index (χ4n) is 2.37. The number of anilines is 1. The number of sulfonamides is 1. The monoisotopic (exact) mass is 434 g/mol. The van der Waals surface area contributed by atoms with Gasteiger partial charge < -0.3 is 5.32 Å². The Morgan fingerprint density at radius 1 is 1.14 bits per heavy atom. The topological polar surface area (TPSA) is 75.3 Å². The van der Waals surface area contributed by atoms with Gasteiger partial charge in [0.2, 0.25) is 0 Å². The number of aryl methyl sites for hydroxylation is 1. The van der Waals surface area contributed by atoms with Gasteiger partial charge in [0.05, 0.1) is 15.5 Å². The molecule has 0 bridgehead atoms. The van der Waals surface area contributed by atoms with E-state index in [2.05, 4.69) is 10.0 Å². The number of rotatable bonds is 6. The fourth-order valence-corrected chi connectivity index (χ4v) is 3.67. The van der Waals surface area contributed by atoms with Crippen LogP contribution in [0.5, 0.6) is 0 Å². The third-order valence-corrected chi connectivity index (χ3v) is 5.53. The van der Waals surface area contributed by atoms with E-state index in [0.29, 0.717) is 24.6 Å². The molecule has 0 aliphatic carbocycles. The molecule has 0 saturated heterocycles. The molecule has 0 radical (unpaired) electrons. The van der Waals surface area contributed by atoms with Crippen molar-refractivity contribution in [1.29, 1.82) is 0 Å². The van der Waals surface area contributed by atoms with Gasteiger partial charge in [0.25, 0.3) is 15.9 Å². The molecular formula is C18H18ClF3N2O3S. The maximum Gasteiger partial charge on any atom is 0.417 e. The molecule has 152 valence electrons. The van der Waals surface area contributed by atoms with Crippen molar-refractivity contribution in [3.05, 3.63) is 58.1 Å². The molecule has 2 aromatic rings. The first-order chi connectivity index (χ1) is 13.0. The van der Waals surface area contributed by atoms with E-state index in [4.69, 9.17) is 11.6 Å². The molecule has 0 aromatic heterocycles. The van der Waals surface area contributed by atoms with Gasteiger partial charge in [-0.2, -0.15) is 13.2 Å². The summed E-state index contributed by atoms with van der Waals surface area (Å²) in [5.74, 6) is -0.428. The van der Waals surface area contributed by atoms with E-state index in [-0.39, 0.29) is 16.1 Å². The summed E-state index contributed by atoms with van der Waals surface area (Å²) >= 11 is 5.54. The quantitative estimate of drug-likeness (QED) is 0.697. The first-order valence-electron chi connectivity index (χ1n) is 8.24. The number of amides is 1. The van der Waals surface area contributed by atoms with E-state index in [1.54, 1.807) is 6.92 Å². The van der Waals surface area contributed by atoms with Crippen LogP contribution in [0.3, 0.4) is 0 Å². The molecule has 28 heavy (non-hydrogen) atoms. The van der Waals surface area contributed by atoms with Crippen LogP contribution in [0.4, 0.5) is 18.9 Å². The van der Waals surface area contributed by atoms with Crippen molar-refractivity contribution < 1.29 is 26.4 Å². The second-order valence-corrected chi connectivity index (χ2v) is 8.12. The largest absolute Gasteiger partial charge is 0.417 e. The summed E-state index contributed by atoms with van der Waals surface area (Å²) in [5.41, 5.74) is -0.714. The predicted molar refractivity (Wildman–Crippen MR) is 101 cm³/mol. The molecule has 0 unspecified atom stereocenters. The fraction of sp³-hybridized carbons (Fsp3) is 0.278. The van der Waals surface area contributed by atoms with E-state index >= 15 is 0 Å². The Morgan fingerprint density at radius 3 is 2.43 bits per heavy atom. The Hall–Kier alpha value is -2.26. The van der Waals surface area contributed by atoms with Crippen molar-refractivity contribution in [3.63, 3.8) is 0 Å². The molecule has 0 atom stereocenters. The summed E-state index contributed by atoms with van der Waals surface area (Å²) in [5, 5.41) is 2.11. The number of alkyl halides is 3. The first kappa shape index (κ1) is 22.0. The van der Waals surface area contributed by atoms with Crippen LogP contribution < -0.4 is 10.0 Å². The van der Waals surface area contributed by atoms with Gasteiger partial charge in [0.1, 0.15) is 0 Å². The average Bonchev–Trinajstić information content (AvgIpc) is 2.60. The number of hydrogen-bond donors (Lipinski definition) is 2. The molecule has 0 spiro atoms. The Bertz CT molecular complexity index is 992. The highest BCUT2D eigenvalue weighted by molar-refractivity contribution is 7.92. The molecule has 2 aromatic carbocycles. The predicted octanol–water partition coefficient (Wildman–Crippen LogP) is 4.61. The zero-order chi connectivity index (χ0) is 21.1. The van der Waals surface area contributed by atoms with E-state index in [0.717, 1.165) is 12.1 Å². The van der Waals surface area contributed by atoms with Crippen molar-refractivity contribution in [2.45, 2.75) is 31.3 Å². The number of halogens is 4. The molecule has 1 amide bonds. The third-order valence-electron chi connectivity index (χ3n) is 3.82. The van der Waals surface area contributed by atoms with E-state index < -0.39 is 32.7 Å². The summed E-state index contributed by atoms with van der Waals surface area (Å²) in [7, 11) is -4.22. The molecule has 0 saturated carbocycles. The summed E-state index contributed by atoms with van der Waals surface area (Å²) in [4.78, 5) is 11.9. The normalized spacial score (nSPS) is 11.9. The standard InChI is InChI=1S/C18H18ClF3N2O3S/c1-3-8-23-17(25)14-10-13(6-4-11(14)2)28(26,27)24-12-5-7-16(19)15(9-12)18(20,21)22/h4-7,9-10,24H,3,8H2,1-2H3,(H,23,25). The van der Waals surface area contributed by atoms with Gasteiger partial charge >= 0.3 is 6.18 Å². The minimum absolute atomic E-state index is 0.170. The zero-order valence-electron chi connectivity index (χ0n) is 15.0. The van der Waals surface area contributed by atoms with Crippen molar-refractivity contribution >= 4 is 33.2 Å². The molecule has 0 fully saturated rings. The highest BCUT2D eigenvalue weighted by atomic mass is 35.5. The number of hydrogen-bond acceptors (Lipinski definition) is 3. The first-order valence-corrected chi connectivity index (χ1v) is 10.1. The smallest absolute Gasteiger partial charge is 0.352 e. The molecule has 10 heteroatoms. The number of nitrogens with one attached hydrogen (secondary N) is 2. The van der Waals surface area contributed by atoms with Crippen LogP contribution in [0.25, 0.3) is 0 Å². The van der Waals surface area contributed by atoms with E-state index in [9.17, 15) is 26.4 Å². The lowest BCUT2D eigenvalue weighted by Crippen LogP contribution is -2.25. The van der Waals surface area contributed by atoms with Crippen molar-refractivity contribution in [3.8, 4) is 0 Å². The lowest BCUT2D eigenvalue weighted by molar-refractivity contribution is -0.137. The minimum atomic E-state index is -4.73. The Balaban J connectivity index is 2.37. The molecular weight excluding hydrogens is 417 g/mol. The lowest BCUT2D eigenvalue weighted by atomic mass is 10.1. The highest BCUT2D eigenvalue weighted by Gasteiger charge is 2.33. The molecule has 0 aliphatic rings. The van der Waals surface area contributed by atoms with Crippen LogP contribution in [0.2, 0.25) is 5.02 Å². The average molecular weight is 435 g/mol. The lowest BCUT2D eigenvalue weighted by Gasteiger charge is -2.14. The number of carbonyl (C=O) groups excluding carboxylic acids is 1. The number of benzene rings is 2. The summed E-state index contributed by atoms with van der Waals surface area (Å²) in [6, 6.07) is 6.61. The van der Waals surface area contributed by atoms with Gasteiger partial charge in [0.15, 0.2) is 0 Å². The van der Waals surface area contributed by atoms with Gasteiger partial charge in [0, 0.05) is 17.8 Å². The Morgan fingerprint density at radius 2 is 1.82 bits per heavy atom. The molecule has 2 N–H and O–H groups in total. The molecule has 0 heterocycles. The van der Waals surface area contributed by atoms with Gasteiger partial charge in [-0.15, -0.1) is 0 Å². The summed E-state index contributed by atoms with van der Waals surface area (Å²) < 4.78 is 66.2. The van der Waals surface area contributed by atoms with Crippen LogP contribution >= 0.6 is 11.6 Å². The van der Waals surface area contributed by atoms with Gasteiger partial charge in [-0.3, -0.25) is 9.52 Å². The van der Waals surface area contributed by atoms with Crippen molar-refractivity contribution in [2.75, 3.05) is 11.3 Å². The van der Waals surface area contributed by atoms with E-state index in [1.165, 1.54) is 18.2 Å². The SMILES string of the molecule is CCCNC(=O)c1cc(S(=O)(=O)Nc2ccc(Cl)c(C(F)(F)F)c2)ccc1C.